The van der Waals surface area contributed by atoms with Crippen LogP contribution in [0.15, 0.2) is 5.10 Å². The van der Waals surface area contributed by atoms with Crippen LogP contribution in [0.4, 0.5) is 4.79 Å². The van der Waals surface area contributed by atoms with E-state index in [-0.39, 0.29) is 17.9 Å². The molecule has 18 heavy (non-hydrogen) atoms. The SMILES string of the molecule is C=NNC(=O)C1CCN(C(=O)OC(C)(C)C)CC1. The minimum Gasteiger partial charge on any atom is -0.444 e. The van der Waals surface area contributed by atoms with Crippen LogP contribution in [0, 0.1) is 5.92 Å². The van der Waals surface area contributed by atoms with Gasteiger partial charge in [-0.3, -0.25) is 4.79 Å². The number of hydrogen-bond donors (Lipinski definition) is 1. The Morgan fingerprint density at radius 1 is 1.33 bits per heavy atom. The Labute approximate surface area is 107 Å². The molecule has 102 valence electrons. The van der Waals surface area contributed by atoms with Crippen LogP contribution in [0.3, 0.4) is 0 Å². The second-order valence-electron chi connectivity index (χ2n) is 5.38. The number of piperidine rings is 1. The van der Waals surface area contributed by atoms with Crippen LogP contribution in [0.2, 0.25) is 0 Å². The molecule has 1 saturated heterocycles. The van der Waals surface area contributed by atoms with Gasteiger partial charge in [0.05, 0.1) is 0 Å². The fourth-order valence-corrected chi connectivity index (χ4v) is 1.82. The van der Waals surface area contributed by atoms with Crippen LogP contribution in [0.1, 0.15) is 33.6 Å². The number of nitrogens with zero attached hydrogens (tertiary/aromatic N) is 2. The highest BCUT2D eigenvalue weighted by Crippen LogP contribution is 2.19. The fourth-order valence-electron chi connectivity index (χ4n) is 1.82. The van der Waals surface area contributed by atoms with Gasteiger partial charge < -0.3 is 9.64 Å². The second kappa shape index (κ2) is 5.84. The van der Waals surface area contributed by atoms with Gasteiger partial charge in [-0.05, 0) is 33.6 Å². The van der Waals surface area contributed by atoms with E-state index in [1.54, 1.807) is 4.90 Å². The van der Waals surface area contributed by atoms with Gasteiger partial charge in [0.1, 0.15) is 5.60 Å². The summed E-state index contributed by atoms with van der Waals surface area (Å²) in [6.45, 7) is 9.78. The van der Waals surface area contributed by atoms with E-state index in [4.69, 9.17) is 4.74 Å². The quantitative estimate of drug-likeness (QED) is 0.598. The maximum atomic E-state index is 11.8. The van der Waals surface area contributed by atoms with E-state index < -0.39 is 5.60 Å². The molecule has 0 bridgehead atoms. The number of carbonyl (C=O) groups excluding carboxylic acids is 2. The first-order chi connectivity index (χ1) is 8.33. The molecule has 0 unspecified atom stereocenters. The van der Waals surface area contributed by atoms with Crippen molar-refractivity contribution < 1.29 is 14.3 Å². The molecule has 0 aromatic heterocycles. The van der Waals surface area contributed by atoms with Crippen molar-refractivity contribution in [1.82, 2.24) is 10.3 Å². The first-order valence-corrected chi connectivity index (χ1v) is 6.07. The topological polar surface area (TPSA) is 71.0 Å². The molecule has 1 aliphatic heterocycles. The molecule has 1 aliphatic rings. The smallest absolute Gasteiger partial charge is 0.410 e. The average molecular weight is 255 g/mol. The van der Waals surface area contributed by atoms with Crippen molar-refractivity contribution in [2.24, 2.45) is 11.0 Å². The predicted octanol–water partition coefficient (Wildman–Crippen LogP) is 1.37. The summed E-state index contributed by atoms with van der Waals surface area (Å²) in [5.74, 6) is -0.233. The standard InChI is InChI=1S/C12H21N3O3/c1-12(2,3)18-11(17)15-7-5-9(6-8-15)10(16)14-13-4/h9H,4-8H2,1-3H3,(H,14,16). The highest BCUT2D eigenvalue weighted by atomic mass is 16.6. The molecule has 0 radical (unpaired) electrons. The van der Waals surface area contributed by atoms with Crippen molar-refractivity contribution in [2.75, 3.05) is 13.1 Å². The average Bonchev–Trinajstić information content (AvgIpc) is 2.27. The van der Waals surface area contributed by atoms with Gasteiger partial charge in [-0.2, -0.15) is 5.10 Å². The molecule has 6 nitrogen and oxygen atoms in total. The van der Waals surface area contributed by atoms with Crippen molar-refractivity contribution in [2.45, 2.75) is 39.2 Å². The fraction of sp³-hybridized carbons (Fsp3) is 0.750. The highest BCUT2D eigenvalue weighted by Gasteiger charge is 2.29. The Hall–Kier alpha value is -1.59. The van der Waals surface area contributed by atoms with Gasteiger partial charge in [0, 0.05) is 25.7 Å². The Bertz CT molecular complexity index is 328. The maximum Gasteiger partial charge on any atom is 0.410 e. The van der Waals surface area contributed by atoms with Gasteiger partial charge in [-0.1, -0.05) is 0 Å². The summed E-state index contributed by atoms with van der Waals surface area (Å²) in [7, 11) is 0. The minimum absolute atomic E-state index is 0.103. The first-order valence-electron chi connectivity index (χ1n) is 6.07. The third-order valence-corrected chi connectivity index (χ3v) is 2.71. The van der Waals surface area contributed by atoms with Crippen molar-refractivity contribution in [1.29, 1.82) is 0 Å². The van der Waals surface area contributed by atoms with E-state index in [1.165, 1.54) is 0 Å². The number of amides is 2. The van der Waals surface area contributed by atoms with Gasteiger partial charge in [0.25, 0.3) is 0 Å². The number of hydrazone groups is 1. The lowest BCUT2D eigenvalue weighted by Crippen LogP contribution is -2.44. The van der Waals surface area contributed by atoms with E-state index in [0.717, 1.165) is 0 Å². The van der Waals surface area contributed by atoms with Crippen molar-refractivity contribution in [3.63, 3.8) is 0 Å². The van der Waals surface area contributed by atoms with Crippen molar-refractivity contribution >= 4 is 18.7 Å². The van der Waals surface area contributed by atoms with E-state index in [2.05, 4.69) is 17.2 Å². The summed E-state index contributed by atoms with van der Waals surface area (Å²) < 4.78 is 5.28. The van der Waals surface area contributed by atoms with Crippen molar-refractivity contribution in [3.8, 4) is 0 Å². The summed E-state index contributed by atoms with van der Waals surface area (Å²) in [5, 5.41) is 3.36. The number of hydrogen-bond acceptors (Lipinski definition) is 4. The van der Waals surface area contributed by atoms with Crippen LogP contribution < -0.4 is 5.43 Å². The summed E-state index contributed by atoms with van der Waals surface area (Å²) >= 11 is 0. The Morgan fingerprint density at radius 2 is 1.89 bits per heavy atom. The first kappa shape index (κ1) is 14.5. The Morgan fingerprint density at radius 3 is 2.33 bits per heavy atom. The Balaban J connectivity index is 2.42. The summed E-state index contributed by atoms with van der Waals surface area (Å²) in [5.41, 5.74) is 1.85. The summed E-state index contributed by atoms with van der Waals surface area (Å²) in [4.78, 5) is 24.9. The predicted molar refractivity (Wildman–Crippen MR) is 68.2 cm³/mol. The lowest BCUT2D eigenvalue weighted by molar-refractivity contribution is -0.126. The zero-order chi connectivity index (χ0) is 13.8. The van der Waals surface area contributed by atoms with E-state index in [9.17, 15) is 9.59 Å². The molecule has 0 aliphatic carbocycles. The Kier molecular flexibility index (Phi) is 4.69. The number of ether oxygens (including phenoxy) is 1. The maximum absolute atomic E-state index is 11.8. The third-order valence-electron chi connectivity index (χ3n) is 2.71. The largest absolute Gasteiger partial charge is 0.444 e. The van der Waals surface area contributed by atoms with Gasteiger partial charge in [-0.25, -0.2) is 10.2 Å². The minimum atomic E-state index is -0.488. The molecule has 0 aromatic rings. The number of rotatable bonds is 2. The van der Waals surface area contributed by atoms with E-state index >= 15 is 0 Å². The molecule has 1 fully saturated rings. The monoisotopic (exact) mass is 255 g/mol. The van der Waals surface area contributed by atoms with Crippen LogP contribution in [-0.4, -0.2) is 42.3 Å². The number of nitrogens with one attached hydrogen (secondary N) is 1. The zero-order valence-corrected chi connectivity index (χ0v) is 11.2. The molecular formula is C12H21N3O3. The van der Waals surface area contributed by atoms with E-state index in [1.807, 2.05) is 20.8 Å². The van der Waals surface area contributed by atoms with Gasteiger partial charge >= 0.3 is 6.09 Å². The highest BCUT2D eigenvalue weighted by molar-refractivity contribution is 5.79. The lowest BCUT2D eigenvalue weighted by Gasteiger charge is -2.32. The molecule has 0 spiro atoms. The lowest BCUT2D eigenvalue weighted by atomic mass is 9.96. The normalized spacial score (nSPS) is 17.2. The molecule has 0 atom stereocenters. The molecule has 2 amide bonds. The van der Waals surface area contributed by atoms with Crippen LogP contribution in [-0.2, 0) is 9.53 Å². The molecule has 0 saturated carbocycles. The molecular weight excluding hydrogens is 234 g/mol. The summed E-state index contributed by atoms with van der Waals surface area (Å²) in [6.07, 6.45) is 0.935. The second-order valence-corrected chi connectivity index (χ2v) is 5.38. The van der Waals surface area contributed by atoms with Gasteiger partial charge in [-0.15, -0.1) is 0 Å². The van der Waals surface area contributed by atoms with Gasteiger partial charge in [0.15, 0.2) is 0 Å². The van der Waals surface area contributed by atoms with E-state index in [0.29, 0.717) is 25.9 Å². The number of carbonyl (C=O) groups is 2. The molecule has 6 heteroatoms. The van der Waals surface area contributed by atoms with Crippen LogP contribution in [0.5, 0.6) is 0 Å². The van der Waals surface area contributed by atoms with Crippen molar-refractivity contribution in [3.05, 3.63) is 0 Å². The zero-order valence-electron chi connectivity index (χ0n) is 11.2. The molecule has 1 rings (SSSR count). The molecule has 1 heterocycles. The van der Waals surface area contributed by atoms with Gasteiger partial charge in [0.2, 0.25) is 5.91 Å². The number of likely N-dealkylation sites (tertiary alicyclic amines) is 1. The molecule has 0 aromatic carbocycles. The van der Waals surface area contributed by atoms with Crippen LogP contribution in [0.25, 0.3) is 0 Å². The molecule has 1 N–H and O–H groups in total. The summed E-state index contributed by atoms with van der Waals surface area (Å²) in [6, 6.07) is 0. The third kappa shape index (κ3) is 4.35. The van der Waals surface area contributed by atoms with Crippen LogP contribution >= 0.6 is 0 Å².